The van der Waals surface area contributed by atoms with E-state index in [0.29, 0.717) is 10.9 Å². The Hall–Kier alpha value is -3.19. The lowest BCUT2D eigenvalue weighted by molar-refractivity contribution is -0.0982. The molecule has 0 saturated heterocycles. The quantitative estimate of drug-likeness (QED) is 0.271. The van der Waals surface area contributed by atoms with E-state index in [0.717, 1.165) is 44.5 Å². The maximum Gasteiger partial charge on any atom is 0.491 e. The molecule has 0 heterocycles. The molecular weight excluding hydrogens is 474 g/mol. The van der Waals surface area contributed by atoms with Crippen LogP contribution in [0.1, 0.15) is 49.9 Å². The molecule has 0 amide bonds. The molecule has 190 valence electrons. The SMILES string of the molecule is CC(C)(O)C(C)(C)OB(O)c1ccc2c(c1)C1(c3ccccc3-c3ccc(B(O)O)cc31)c1ccccc1-2. The summed E-state index contributed by atoms with van der Waals surface area (Å²) >= 11 is 0. The standard InChI is InChI=1S/C31H30B2O5/c1-29(2,34)30(3,4)38-33(37)20-14-16-24-22-10-6-8-12-26(22)31(28(24)18-20)25-11-7-5-9-21(25)23-15-13-19(32(35)36)17-27(23)31/h5-18,34-37H,1-4H3. The van der Waals surface area contributed by atoms with E-state index in [2.05, 4.69) is 24.3 Å². The van der Waals surface area contributed by atoms with Crippen molar-refractivity contribution in [1.29, 1.82) is 0 Å². The summed E-state index contributed by atoms with van der Waals surface area (Å²) in [6, 6.07) is 28.1. The Bertz CT molecular complexity index is 1560. The first-order valence-corrected chi connectivity index (χ1v) is 12.9. The molecule has 4 aromatic carbocycles. The fraction of sp³-hybridized carbons (Fsp3) is 0.226. The predicted molar refractivity (Wildman–Crippen MR) is 152 cm³/mol. The summed E-state index contributed by atoms with van der Waals surface area (Å²) < 4.78 is 6.01. The maximum absolute atomic E-state index is 11.2. The third-order valence-electron chi connectivity index (χ3n) is 8.60. The fourth-order valence-electron chi connectivity index (χ4n) is 5.98. The van der Waals surface area contributed by atoms with Crippen LogP contribution >= 0.6 is 0 Å². The number of aliphatic hydroxyl groups is 1. The van der Waals surface area contributed by atoms with Crippen molar-refractivity contribution in [3.63, 3.8) is 0 Å². The van der Waals surface area contributed by atoms with Gasteiger partial charge in [0.05, 0.1) is 16.6 Å². The maximum atomic E-state index is 11.2. The molecule has 2 aliphatic rings. The lowest BCUT2D eigenvalue weighted by Gasteiger charge is -2.38. The Morgan fingerprint density at radius 1 is 0.605 bits per heavy atom. The van der Waals surface area contributed by atoms with Gasteiger partial charge in [0.1, 0.15) is 0 Å². The molecule has 0 aliphatic heterocycles. The van der Waals surface area contributed by atoms with Gasteiger partial charge in [-0.25, -0.2) is 0 Å². The predicted octanol–water partition coefficient (Wildman–Crippen LogP) is 2.96. The van der Waals surface area contributed by atoms with Crippen LogP contribution in [0.15, 0.2) is 84.9 Å². The van der Waals surface area contributed by atoms with Gasteiger partial charge in [0.2, 0.25) is 0 Å². The molecule has 2 aliphatic carbocycles. The Kier molecular flexibility index (Phi) is 5.55. The van der Waals surface area contributed by atoms with Crippen molar-refractivity contribution in [3.8, 4) is 22.3 Å². The van der Waals surface area contributed by atoms with Crippen molar-refractivity contribution in [2.75, 3.05) is 0 Å². The third kappa shape index (κ3) is 3.40. The highest BCUT2D eigenvalue weighted by atomic mass is 16.5. The minimum Gasteiger partial charge on any atom is -0.423 e. The normalized spacial score (nSPS) is 17.2. The topological polar surface area (TPSA) is 90.2 Å². The van der Waals surface area contributed by atoms with E-state index in [9.17, 15) is 20.2 Å². The van der Waals surface area contributed by atoms with Crippen LogP contribution < -0.4 is 10.9 Å². The summed E-state index contributed by atoms with van der Waals surface area (Å²) in [5, 5.41) is 41.9. The molecule has 1 atom stereocenters. The summed E-state index contributed by atoms with van der Waals surface area (Å²) in [5.74, 6) is 0. The van der Waals surface area contributed by atoms with E-state index in [1.54, 1.807) is 33.8 Å². The molecule has 0 aromatic heterocycles. The zero-order valence-electron chi connectivity index (χ0n) is 21.9. The molecule has 1 unspecified atom stereocenters. The van der Waals surface area contributed by atoms with Gasteiger partial charge in [-0.15, -0.1) is 0 Å². The smallest absolute Gasteiger partial charge is 0.423 e. The van der Waals surface area contributed by atoms with Gasteiger partial charge in [0.15, 0.2) is 0 Å². The van der Waals surface area contributed by atoms with Crippen LogP contribution in [-0.4, -0.2) is 45.6 Å². The van der Waals surface area contributed by atoms with Crippen LogP contribution in [0.2, 0.25) is 0 Å². The Balaban J connectivity index is 1.63. The van der Waals surface area contributed by atoms with Gasteiger partial charge in [-0.2, -0.15) is 0 Å². The molecule has 6 rings (SSSR count). The van der Waals surface area contributed by atoms with Crippen molar-refractivity contribution >= 4 is 25.2 Å². The summed E-state index contributed by atoms with van der Waals surface area (Å²) in [5.41, 5.74) is 6.58. The van der Waals surface area contributed by atoms with Crippen molar-refractivity contribution in [3.05, 3.63) is 107 Å². The molecular formula is C31H30B2O5. The van der Waals surface area contributed by atoms with Crippen LogP contribution in [0.5, 0.6) is 0 Å². The van der Waals surface area contributed by atoms with Gasteiger partial charge >= 0.3 is 14.2 Å². The Morgan fingerprint density at radius 3 is 1.55 bits per heavy atom. The van der Waals surface area contributed by atoms with Crippen LogP contribution in [0.3, 0.4) is 0 Å². The summed E-state index contributed by atoms with van der Waals surface area (Å²) in [6.45, 7) is 6.83. The summed E-state index contributed by atoms with van der Waals surface area (Å²) in [7, 11) is -2.85. The average Bonchev–Trinajstić information content (AvgIpc) is 3.34. The molecule has 4 aromatic rings. The van der Waals surface area contributed by atoms with Gasteiger partial charge in [-0.3, -0.25) is 0 Å². The monoisotopic (exact) mass is 504 g/mol. The second kappa shape index (κ2) is 8.40. The summed E-state index contributed by atoms with van der Waals surface area (Å²) in [6.07, 6.45) is 0. The average molecular weight is 504 g/mol. The van der Waals surface area contributed by atoms with Crippen LogP contribution in [0, 0.1) is 0 Å². The second-order valence-corrected chi connectivity index (χ2v) is 11.4. The van der Waals surface area contributed by atoms with Crippen LogP contribution in [0.25, 0.3) is 22.3 Å². The number of fused-ring (bicyclic) bond motifs is 10. The molecule has 1 spiro atoms. The first kappa shape index (κ1) is 25.1. The highest BCUT2D eigenvalue weighted by Gasteiger charge is 2.52. The molecule has 0 bridgehead atoms. The van der Waals surface area contributed by atoms with E-state index in [-0.39, 0.29) is 0 Å². The third-order valence-corrected chi connectivity index (χ3v) is 8.60. The van der Waals surface area contributed by atoms with Gasteiger partial charge in [-0.05, 0) is 83.1 Å². The number of benzene rings is 4. The van der Waals surface area contributed by atoms with Crippen LogP contribution in [0.4, 0.5) is 0 Å². The van der Waals surface area contributed by atoms with Crippen molar-refractivity contribution in [2.24, 2.45) is 0 Å². The number of hydrogen-bond acceptors (Lipinski definition) is 5. The largest absolute Gasteiger partial charge is 0.491 e. The van der Waals surface area contributed by atoms with Crippen molar-refractivity contribution < 1.29 is 24.8 Å². The highest BCUT2D eigenvalue weighted by Crippen LogP contribution is 2.62. The lowest BCUT2D eigenvalue weighted by atomic mass is 9.67. The Labute approximate surface area is 223 Å². The number of hydrogen-bond donors (Lipinski definition) is 4. The zero-order chi connectivity index (χ0) is 27.0. The second-order valence-electron chi connectivity index (χ2n) is 11.4. The van der Waals surface area contributed by atoms with E-state index in [4.69, 9.17) is 4.65 Å². The minimum atomic E-state index is -1.59. The summed E-state index contributed by atoms with van der Waals surface area (Å²) in [4.78, 5) is 0. The van der Waals surface area contributed by atoms with Gasteiger partial charge in [-0.1, -0.05) is 84.9 Å². The van der Waals surface area contributed by atoms with E-state index in [1.165, 1.54) is 0 Å². The van der Waals surface area contributed by atoms with Crippen LogP contribution in [-0.2, 0) is 10.1 Å². The number of rotatable bonds is 5. The van der Waals surface area contributed by atoms with Crippen molar-refractivity contribution in [1.82, 2.24) is 0 Å². The Morgan fingerprint density at radius 2 is 1.05 bits per heavy atom. The molecule has 0 radical (unpaired) electrons. The molecule has 0 fully saturated rings. The van der Waals surface area contributed by atoms with Gasteiger partial charge < -0.3 is 24.8 Å². The van der Waals surface area contributed by atoms with E-state index >= 15 is 0 Å². The molecule has 0 saturated carbocycles. The van der Waals surface area contributed by atoms with E-state index < -0.39 is 30.9 Å². The first-order chi connectivity index (χ1) is 18.0. The fourth-order valence-corrected chi connectivity index (χ4v) is 5.98. The highest BCUT2D eigenvalue weighted by molar-refractivity contribution is 6.60. The van der Waals surface area contributed by atoms with Gasteiger partial charge in [0, 0.05) is 0 Å². The molecule has 7 heteroatoms. The lowest BCUT2D eigenvalue weighted by Crippen LogP contribution is -2.53. The molecule has 38 heavy (non-hydrogen) atoms. The van der Waals surface area contributed by atoms with Crippen molar-refractivity contribution in [2.45, 2.75) is 44.3 Å². The zero-order valence-corrected chi connectivity index (χ0v) is 21.9. The van der Waals surface area contributed by atoms with E-state index in [1.807, 2.05) is 54.6 Å². The minimum absolute atomic E-state index is 0.424. The molecule has 5 nitrogen and oxygen atoms in total. The molecule has 4 N–H and O–H groups in total. The first-order valence-electron chi connectivity index (χ1n) is 12.9. The van der Waals surface area contributed by atoms with Gasteiger partial charge in [0.25, 0.3) is 0 Å².